The highest BCUT2D eigenvalue weighted by molar-refractivity contribution is 5.25. The number of fused-ring (bicyclic) bond motifs is 1. The van der Waals surface area contributed by atoms with Gasteiger partial charge >= 0.3 is 0 Å². The van der Waals surface area contributed by atoms with Crippen LogP contribution in [-0.4, -0.2) is 11.2 Å². The maximum Gasteiger partial charge on any atom is 0.0607 e. The van der Waals surface area contributed by atoms with Crippen molar-refractivity contribution in [2.24, 2.45) is 40.9 Å². The molecule has 0 aliphatic heterocycles. The van der Waals surface area contributed by atoms with Gasteiger partial charge in [-0.2, -0.15) is 0 Å². The smallest absolute Gasteiger partial charge is 0.0607 e. The van der Waals surface area contributed by atoms with Gasteiger partial charge in [-0.25, -0.2) is 0 Å². The summed E-state index contributed by atoms with van der Waals surface area (Å²) in [7, 11) is 0. The second-order valence-corrected chi connectivity index (χ2v) is 8.76. The van der Waals surface area contributed by atoms with Gasteiger partial charge in [-0.05, 0) is 81.5 Å². The topological polar surface area (TPSA) is 20.2 Å². The van der Waals surface area contributed by atoms with Crippen LogP contribution in [0.4, 0.5) is 0 Å². The van der Waals surface area contributed by atoms with Crippen molar-refractivity contribution in [3.63, 3.8) is 0 Å². The fraction of sp³-hybridized carbons (Fsp3) is 0.900. The van der Waals surface area contributed by atoms with E-state index in [0.717, 1.165) is 41.9 Å². The predicted octanol–water partition coefficient (Wildman–Crippen LogP) is 5.05. The number of aliphatic hydroxyl groups is 1. The molecule has 3 aliphatic carbocycles. The molecule has 21 heavy (non-hydrogen) atoms. The lowest BCUT2D eigenvalue weighted by Crippen LogP contribution is -2.36. The van der Waals surface area contributed by atoms with Crippen molar-refractivity contribution in [3.05, 3.63) is 11.6 Å². The van der Waals surface area contributed by atoms with Crippen molar-refractivity contribution >= 4 is 0 Å². The Bertz CT molecular complexity index is 416. The second kappa shape index (κ2) is 5.41. The van der Waals surface area contributed by atoms with Crippen molar-refractivity contribution in [2.75, 3.05) is 0 Å². The summed E-state index contributed by atoms with van der Waals surface area (Å²) in [6.45, 7) is 11.7. The molecule has 3 aliphatic rings. The Morgan fingerprint density at radius 1 is 1.24 bits per heavy atom. The fourth-order valence-electron chi connectivity index (χ4n) is 6.46. The van der Waals surface area contributed by atoms with Crippen molar-refractivity contribution in [1.29, 1.82) is 0 Å². The predicted molar refractivity (Wildman–Crippen MR) is 88.9 cm³/mol. The summed E-state index contributed by atoms with van der Waals surface area (Å²) in [5.41, 5.74) is 1.77. The molecule has 1 spiro atoms. The summed E-state index contributed by atoms with van der Waals surface area (Å²) in [5, 5.41) is 10.7. The Balaban J connectivity index is 1.70. The Morgan fingerprint density at radius 2 is 1.95 bits per heavy atom. The molecule has 1 heteroatoms. The van der Waals surface area contributed by atoms with E-state index in [1.54, 1.807) is 0 Å². The molecule has 0 unspecified atom stereocenters. The lowest BCUT2D eigenvalue weighted by atomic mass is 9.68. The first-order valence-corrected chi connectivity index (χ1v) is 9.22. The maximum absolute atomic E-state index is 10.7. The van der Waals surface area contributed by atoms with Gasteiger partial charge in [-0.3, -0.25) is 0 Å². The molecule has 1 nitrogen and oxygen atoms in total. The second-order valence-electron chi connectivity index (χ2n) is 8.76. The first-order chi connectivity index (χ1) is 9.90. The first-order valence-electron chi connectivity index (χ1n) is 9.22. The van der Waals surface area contributed by atoms with Gasteiger partial charge in [0, 0.05) is 5.41 Å². The molecule has 1 N–H and O–H groups in total. The van der Waals surface area contributed by atoms with Crippen LogP contribution in [0, 0.1) is 40.9 Å². The number of rotatable bonds is 4. The molecule has 0 heterocycles. The lowest BCUT2D eigenvalue weighted by Gasteiger charge is -2.39. The van der Waals surface area contributed by atoms with Gasteiger partial charge in [0.2, 0.25) is 0 Å². The number of allylic oxidation sites excluding steroid dienone is 2. The monoisotopic (exact) mass is 290 g/mol. The molecule has 0 bridgehead atoms. The van der Waals surface area contributed by atoms with Gasteiger partial charge in [-0.1, -0.05) is 32.4 Å². The van der Waals surface area contributed by atoms with Gasteiger partial charge in [0.15, 0.2) is 0 Å². The minimum absolute atomic E-state index is 0.00900. The third kappa shape index (κ3) is 2.22. The molecule has 0 saturated heterocycles. The molecule has 8 atom stereocenters. The Kier molecular flexibility index (Phi) is 4.01. The zero-order valence-corrected chi connectivity index (χ0v) is 14.6. The van der Waals surface area contributed by atoms with E-state index < -0.39 is 0 Å². The molecular weight excluding hydrogens is 256 g/mol. The zero-order chi connectivity index (χ0) is 15.4. The molecule has 120 valence electrons. The van der Waals surface area contributed by atoms with E-state index >= 15 is 0 Å². The van der Waals surface area contributed by atoms with Gasteiger partial charge in [0.25, 0.3) is 0 Å². The van der Waals surface area contributed by atoms with Crippen LogP contribution in [0.15, 0.2) is 11.6 Å². The largest absolute Gasteiger partial charge is 0.393 e. The van der Waals surface area contributed by atoms with Crippen LogP contribution in [0.1, 0.15) is 66.7 Å². The number of hydrogen-bond donors (Lipinski definition) is 1. The normalized spacial score (nSPS) is 49.2. The third-order valence-electron chi connectivity index (χ3n) is 7.37. The van der Waals surface area contributed by atoms with E-state index in [9.17, 15) is 5.11 Å². The van der Waals surface area contributed by atoms with Crippen LogP contribution < -0.4 is 0 Å². The molecule has 0 aromatic rings. The van der Waals surface area contributed by atoms with Crippen LogP contribution in [0.2, 0.25) is 0 Å². The molecule has 3 saturated carbocycles. The highest BCUT2D eigenvalue weighted by atomic mass is 16.3. The van der Waals surface area contributed by atoms with E-state index in [1.807, 2.05) is 0 Å². The summed E-state index contributed by atoms with van der Waals surface area (Å²) >= 11 is 0. The van der Waals surface area contributed by atoms with E-state index in [2.05, 4.69) is 40.7 Å². The Morgan fingerprint density at radius 3 is 2.62 bits per heavy atom. The summed E-state index contributed by atoms with van der Waals surface area (Å²) in [6.07, 6.45) is 8.75. The molecule has 3 rings (SSSR count). The zero-order valence-electron chi connectivity index (χ0n) is 14.6. The van der Waals surface area contributed by atoms with Gasteiger partial charge in [0.1, 0.15) is 0 Å². The average Bonchev–Trinajstić information content (AvgIpc) is 3.03. The molecule has 0 amide bonds. The molecule has 0 radical (unpaired) electrons. The van der Waals surface area contributed by atoms with Crippen LogP contribution in [0.25, 0.3) is 0 Å². The van der Waals surface area contributed by atoms with Crippen LogP contribution in [0.3, 0.4) is 0 Å². The van der Waals surface area contributed by atoms with Crippen molar-refractivity contribution < 1.29 is 5.11 Å². The van der Waals surface area contributed by atoms with E-state index in [1.165, 1.54) is 31.3 Å². The molecular formula is C20H34O. The molecule has 0 aromatic heterocycles. The van der Waals surface area contributed by atoms with Crippen LogP contribution >= 0.6 is 0 Å². The van der Waals surface area contributed by atoms with E-state index in [0.29, 0.717) is 5.41 Å². The maximum atomic E-state index is 10.7. The van der Waals surface area contributed by atoms with Crippen molar-refractivity contribution in [3.8, 4) is 0 Å². The summed E-state index contributed by atoms with van der Waals surface area (Å²) < 4.78 is 0. The lowest BCUT2D eigenvalue weighted by molar-refractivity contribution is 0.0133. The first kappa shape index (κ1) is 15.6. The van der Waals surface area contributed by atoms with Crippen LogP contribution in [-0.2, 0) is 0 Å². The summed E-state index contributed by atoms with van der Waals surface area (Å²) in [5.74, 6) is 4.85. The SMILES string of the molecule is CC(C)=CCC[C@@H](C)[C@H]1CC[C@H](C)[C@]23[C@H]([C@H]12)[C@@H](C)C[C@H]3O. The van der Waals surface area contributed by atoms with Gasteiger partial charge < -0.3 is 5.11 Å². The quantitative estimate of drug-likeness (QED) is 0.718. The van der Waals surface area contributed by atoms with Crippen molar-refractivity contribution in [2.45, 2.75) is 72.8 Å². The summed E-state index contributed by atoms with van der Waals surface area (Å²) in [4.78, 5) is 0. The minimum Gasteiger partial charge on any atom is -0.393 e. The highest BCUT2D eigenvalue weighted by Gasteiger charge is 2.77. The standard InChI is InChI=1S/C20H34O/c1-12(2)7-6-8-13(3)16-10-9-15(5)20-17(21)11-14(4)18(20)19(16)20/h7,13-19,21H,6,8-11H2,1-5H3/t13-,14+,15+,16-,17-,18+,19+,20+/m1/s1. The van der Waals surface area contributed by atoms with Gasteiger partial charge in [0.05, 0.1) is 6.10 Å². The highest BCUT2D eigenvalue weighted by Crippen LogP contribution is 2.79. The minimum atomic E-state index is -0.00900. The van der Waals surface area contributed by atoms with Crippen molar-refractivity contribution in [1.82, 2.24) is 0 Å². The summed E-state index contributed by atoms with van der Waals surface area (Å²) in [6, 6.07) is 0. The van der Waals surface area contributed by atoms with Gasteiger partial charge in [-0.15, -0.1) is 0 Å². The average molecular weight is 290 g/mol. The molecule has 3 fully saturated rings. The molecule has 0 aromatic carbocycles. The number of hydrogen-bond acceptors (Lipinski definition) is 1. The van der Waals surface area contributed by atoms with Crippen LogP contribution in [0.5, 0.6) is 0 Å². The number of aliphatic hydroxyl groups excluding tert-OH is 1. The van der Waals surface area contributed by atoms with E-state index in [4.69, 9.17) is 0 Å². The third-order valence-corrected chi connectivity index (χ3v) is 7.37. The Labute approximate surface area is 131 Å². The Hall–Kier alpha value is -0.300. The fourth-order valence-corrected chi connectivity index (χ4v) is 6.46. The van der Waals surface area contributed by atoms with E-state index in [-0.39, 0.29) is 6.10 Å².